The number of ether oxygens (including phenoxy) is 18. The molecule has 0 aliphatic carbocycles. The minimum atomic E-state index is -1.40. The van der Waals surface area contributed by atoms with Crippen LogP contribution in [0.2, 0.25) is 0 Å². The molecule has 6 aliphatic heterocycles. The predicted molar refractivity (Wildman–Crippen MR) is 299 cm³/mol. The van der Waals surface area contributed by atoms with Crippen LogP contribution in [0.15, 0.2) is 103 Å². The molecule has 0 amide bonds. The van der Waals surface area contributed by atoms with Gasteiger partial charge in [0.2, 0.25) is 48.1 Å². The van der Waals surface area contributed by atoms with Crippen molar-refractivity contribution in [2.24, 2.45) is 0 Å². The van der Waals surface area contributed by atoms with Crippen molar-refractivity contribution in [1.29, 1.82) is 0 Å². The smallest absolute Gasteiger partial charge is 0.430 e. The first-order valence-corrected chi connectivity index (χ1v) is 28.1. The fourth-order valence-electron chi connectivity index (χ4n) is 7.47. The van der Waals surface area contributed by atoms with Crippen LogP contribution in [-0.4, -0.2) is 149 Å². The lowest BCUT2D eigenvalue weighted by atomic mass is 10.2. The summed E-state index contributed by atoms with van der Waals surface area (Å²) in [5, 5.41) is 0. The van der Waals surface area contributed by atoms with Crippen molar-refractivity contribution >= 4 is 72.7 Å². The van der Waals surface area contributed by atoms with Gasteiger partial charge in [0.25, 0.3) is 0 Å². The first-order chi connectivity index (χ1) is 48.8. The summed E-state index contributed by atoms with van der Waals surface area (Å²) >= 11 is 0. The van der Waals surface area contributed by atoms with Crippen molar-refractivity contribution in [3.05, 3.63) is 178 Å². The van der Waals surface area contributed by atoms with E-state index in [9.17, 15) is 106 Å². The summed E-state index contributed by atoms with van der Waals surface area (Å²) in [7, 11) is 0. The van der Waals surface area contributed by atoms with Crippen LogP contribution in [0.4, 0.5) is 77.1 Å². The van der Waals surface area contributed by atoms with Crippen molar-refractivity contribution in [2.75, 3.05) is 39.6 Å². The van der Waals surface area contributed by atoms with E-state index < -0.39 is 191 Å². The molecule has 546 valence electrons. The number of cyclic esters (lactones) is 12. The fraction of sp³-hybridized carbons (Fsp3) is 0.226. The molecule has 0 radical (unpaired) electrons. The van der Waals surface area contributed by atoms with Gasteiger partial charge >= 0.3 is 72.7 Å². The number of para-hydroxylation sites is 1. The highest BCUT2D eigenvalue weighted by Gasteiger charge is 2.39. The Kier molecular flexibility index (Phi) is 26.8. The first kappa shape index (κ1) is 77.3. The minimum Gasteiger partial charge on any atom is -0.430 e. The zero-order valence-electron chi connectivity index (χ0n) is 51.4. The number of carbonyl (C=O) groups excluding carboxylic acids is 12. The number of carbonyl (C=O) groups is 12. The summed E-state index contributed by atoms with van der Waals surface area (Å²) in [5.41, 5.74) is 0.832. The number of hydrogen-bond acceptors (Lipinski definition) is 30. The van der Waals surface area contributed by atoms with Gasteiger partial charge in [-0.15, -0.1) is 0 Å². The summed E-state index contributed by atoms with van der Waals surface area (Å²) in [6, 6.07) is 16.1. The molecule has 30 nitrogen and oxygen atoms in total. The monoisotopic (exact) mass is 1470 g/mol. The van der Waals surface area contributed by atoms with E-state index >= 15 is 0 Å². The van der Waals surface area contributed by atoms with Crippen LogP contribution in [0.25, 0.3) is 0 Å². The maximum absolute atomic E-state index is 13.1. The fourth-order valence-corrected chi connectivity index (χ4v) is 7.47. The zero-order valence-corrected chi connectivity index (χ0v) is 51.4. The molecule has 6 fully saturated rings. The van der Waals surface area contributed by atoms with E-state index in [1.165, 1.54) is 36.4 Å². The quantitative estimate of drug-likeness (QED) is 0.0477. The molecular formula is C62H41F11O30. The van der Waals surface area contributed by atoms with Gasteiger partial charge in [0.05, 0.1) is 0 Å². The van der Waals surface area contributed by atoms with E-state index in [4.69, 9.17) is 9.47 Å². The Labute approximate surface area is 565 Å². The topological polar surface area (TPSA) is 371 Å². The largest absolute Gasteiger partial charge is 0.509 e. The van der Waals surface area contributed by atoms with Gasteiger partial charge in [-0.3, -0.25) is 0 Å². The molecule has 0 saturated carbocycles. The van der Waals surface area contributed by atoms with Gasteiger partial charge in [-0.2, -0.15) is 0 Å². The van der Waals surface area contributed by atoms with Gasteiger partial charge in [0.15, 0.2) is 34.8 Å². The molecule has 6 heterocycles. The van der Waals surface area contributed by atoms with Crippen molar-refractivity contribution < 1.29 is 191 Å². The second-order valence-corrected chi connectivity index (χ2v) is 19.8. The van der Waals surface area contributed by atoms with Crippen LogP contribution < -0.4 is 28.4 Å². The highest BCUT2D eigenvalue weighted by molar-refractivity contribution is 5.85. The molecule has 12 rings (SSSR count). The van der Waals surface area contributed by atoms with Gasteiger partial charge in [-0.05, 0) is 85.6 Å². The Hall–Kier alpha value is -13.0. The predicted octanol–water partition coefficient (Wildman–Crippen LogP) is 8.91. The van der Waals surface area contributed by atoms with Crippen LogP contribution in [0.1, 0.15) is 11.1 Å². The highest BCUT2D eigenvalue weighted by Crippen LogP contribution is 2.27. The third-order valence-electron chi connectivity index (χ3n) is 12.3. The van der Waals surface area contributed by atoms with Gasteiger partial charge in [-0.1, -0.05) is 6.07 Å². The summed E-state index contributed by atoms with van der Waals surface area (Å²) in [6.45, 7) is 1.48. The van der Waals surface area contributed by atoms with Crippen LogP contribution in [0, 0.1) is 77.8 Å². The molecule has 41 heteroatoms. The molecule has 6 atom stereocenters. The van der Waals surface area contributed by atoms with Gasteiger partial charge in [0.1, 0.15) is 91.8 Å². The molecular weight excluding hydrogens is 1430 g/mol. The van der Waals surface area contributed by atoms with E-state index in [-0.39, 0.29) is 56.1 Å². The summed E-state index contributed by atoms with van der Waals surface area (Å²) in [6.07, 6.45) is -13.2. The van der Waals surface area contributed by atoms with E-state index in [0.717, 1.165) is 42.5 Å². The van der Waals surface area contributed by atoms with Gasteiger partial charge in [-0.25, -0.2) is 106 Å². The van der Waals surface area contributed by atoms with Crippen molar-refractivity contribution in [2.45, 2.75) is 50.5 Å². The van der Waals surface area contributed by atoms with Crippen molar-refractivity contribution in [3.63, 3.8) is 0 Å². The first-order valence-electron chi connectivity index (χ1n) is 28.1. The third kappa shape index (κ3) is 23.3. The Balaban J connectivity index is 0.000000173. The Morgan fingerprint density at radius 2 is 0.612 bits per heavy atom. The molecule has 0 bridgehead atoms. The van der Waals surface area contributed by atoms with E-state index in [0.29, 0.717) is 35.4 Å². The molecule has 6 aromatic rings. The SMILES string of the molecule is Cc1cc(F)ccc1OC(=O)C1COC(=O)O1.Cc1cc(OC(=O)C2COC(=O)O2)ccc1F.O=C1OCC(C(=O)Oc2c(F)cc(F)cc2F)O1.O=C1OCC(C(=O)Oc2c(F)cccc2F)O1.O=C1OCC(C(=O)Oc2cc(F)cc(F)c2)O1.O=C1OCC(C(=O)Oc2ccc(F)cc2F)O1. The number of hydrogen-bond donors (Lipinski definition) is 0. The van der Waals surface area contributed by atoms with Gasteiger partial charge in [0, 0.05) is 36.4 Å². The van der Waals surface area contributed by atoms with Crippen LogP contribution in [0.3, 0.4) is 0 Å². The average Bonchev–Trinajstić information content (AvgIpc) is 1.76. The van der Waals surface area contributed by atoms with Crippen LogP contribution in [-0.2, 0) is 85.6 Å². The summed E-state index contributed by atoms with van der Waals surface area (Å²) in [5.74, 6) is -18.3. The number of rotatable bonds is 12. The second-order valence-electron chi connectivity index (χ2n) is 19.8. The molecule has 103 heavy (non-hydrogen) atoms. The maximum atomic E-state index is 13.1. The second kappa shape index (κ2) is 35.7. The number of aryl methyl sites for hydroxylation is 2. The van der Waals surface area contributed by atoms with E-state index in [1.54, 1.807) is 13.8 Å². The molecule has 0 spiro atoms. The Morgan fingerprint density at radius 3 is 0.971 bits per heavy atom. The molecule has 0 N–H and O–H groups in total. The normalized spacial score (nSPS) is 18.4. The molecule has 6 saturated heterocycles. The minimum absolute atomic E-state index is 0.169. The molecule has 6 aliphatic rings. The van der Waals surface area contributed by atoms with E-state index in [1.807, 2.05) is 0 Å². The molecule has 0 aromatic heterocycles. The molecule has 6 aromatic carbocycles. The lowest BCUT2D eigenvalue weighted by Gasteiger charge is -2.09. The standard InChI is InChI=1S/2C11H9FO5.C10H5F3O5.3C10H6F2O5/c1-6-4-7(2-3-8(6)12)16-10(13)9-5-15-11(14)17-9;1-6-4-7(12)2-3-8(6)16-10(13)9-5-15-11(14)17-9;11-4-1-5(12)8(6(13)2-4)18-9(14)7-3-16-10(15)17-7;11-5-1-6(12)3-7(2-5)16-9(13)8-4-15-10(14)17-8;11-5-1-2-7(6(12)3-5)16-9(13)8-4-15-10(14)17-8;11-5-2-1-3-6(12)8(5)17-9(13)7-4-15-10(14)16-7/h2*2-4,9H,5H2,1H3;1-2,7H,3H2;2*1-3,8H,4H2;1-3,7H,4H2. The maximum Gasteiger partial charge on any atom is 0.509 e. The molecule has 6 unspecified atom stereocenters. The lowest BCUT2D eigenvalue weighted by Crippen LogP contribution is -2.28. The van der Waals surface area contributed by atoms with Crippen LogP contribution >= 0.6 is 0 Å². The Morgan fingerprint density at radius 1 is 0.291 bits per heavy atom. The van der Waals surface area contributed by atoms with Crippen LogP contribution in [0.5, 0.6) is 34.5 Å². The number of esters is 6. The summed E-state index contributed by atoms with van der Waals surface area (Å²) in [4.78, 5) is 132. The number of halogens is 11. The lowest BCUT2D eigenvalue weighted by molar-refractivity contribution is -0.143. The van der Waals surface area contributed by atoms with Crippen molar-refractivity contribution in [3.8, 4) is 34.5 Å². The summed E-state index contributed by atoms with van der Waals surface area (Å²) < 4.78 is 223. The zero-order chi connectivity index (χ0) is 75.4. The number of benzene rings is 6. The van der Waals surface area contributed by atoms with Crippen molar-refractivity contribution in [1.82, 2.24) is 0 Å². The Bertz CT molecular complexity index is 4100. The average molecular weight is 1470 g/mol. The van der Waals surface area contributed by atoms with E-state index in [2.05, 4.69) is 75.8 Å². The highest BCUT2D eigenvalue weighted by atomic mass is 19.2. The third-order valence-corrected chi connectivity index (χ3v) is 12.3. The van der Waals surface area contributed by atoms with Gasteiger partial charge < -0.3 is 85.3 Å².